The Morgan fingerprint density at radius 3 is 2.81 bits per heavy atom. The summed E-state index contributed by atoms with van der Waals surface area (Å²) in [6.07, 6.45) is 5.78. The molecule has 112 valence electrons. The van der Waals surface area contributed by atoms with E-state index >= 15 is 0 Å². The maximum Gasteiger partial charge on any atom is 0.241 e. The Morgan fingerprint density at radius 1 is 1.29 bits per heavy atom. The number of hydrogen-bond donors (Lipinski definition) is 1. The first-order chi connectivity index (χ1) is 10.3. The summed E-state index contributed by atoms with van der Waals surface area (Å²) >= 11 is 0. The van der Waals surface area contributed by atoms with Gasteiger partial charge in [0.05, 0.1) is 13.2 Å². The number of nitrogens with zero attached hydrogens (tertiary/aromatic N) is 2. The van der Waals surface area contributed by atoms with Gasteiger partial charge in [-0.05, 0) is 11.6 Å². The second-order valence-corrected chi connectivity index (χ2v) is 4.79. The Morgan fingerprint density at radius 2 is 2.05 bits per heavy atom. The Balaban J connectivity index is 1.62. The molecule has 0 radical (unpaired) electrons. The van der Waals surface area contributed by atoms with E-state index in [0.29, 0.717) is 6.42 Å². The molecule has 21 heavy (non-hydrogen) atoms. The second kappa shape index (κ2) is 9.05. The Bertz CT molecular complexity index is 480. The monoisotopic (exact) mass is 287 g/mol. The average molecular weight is 287 g/mol. The summed E-state index contributed by atoms with van der Waals surface area (Å²) < 4.78 is 5.26. The number of nitrogens with one attached hydrogen (secondary N) is 1. The number of amides is 1. The number of carbonyl (C=O) groups is 1. The number of morpholine rings is 1. The number of rotatable bonds is 6. The van der Waals surface area contributed by atoms with Gasteiger partial charge in [-0.2, -0.15) is 5.10 Å². The van der Waals surface area contributed by atoms with Crippen LogP contribution in [0.25, 0.3) is 6.08 Å². The maximum absolute atomic E-state index is 11.6. The zero-order valence-corrected chi connectivity index (χ0v) is 12.1. The first-order valence-corrected chi connectivity index (χ1v) is 7.18. The number of allylic oxidation sites excluding steroid dienone is 1. The summed E-state index contributed by atoms with van der Waals surface area (Å²) in [5.41, 5.74) is 3.63. The second-order valence-electron chi connectivity index (χ2n) is 4.79. The molecule has 1 amide bonds. The molecule has 5 nitrogen and oxygen atoms in total. The minimum atomic E-state index is -0.0640. The van der Waals surface area contributed by atoms with Gasteiger partial charge >= 0.3 is 0 Å². The minimum absolute atomic E-state index is 0.0640. The van der Waals surface area contributed by atoms with Gasteiger partial charge in [0.2, 0.25) is 5.91 Å². The van der Waals surface area contributed by atoms with Gasteiger partial charge in [0, 0.05) is 32.3 Å². The van der Waals surface area contributed by atoms with E-state index in [0.717, 1.165) is 38.4 Å². The molecule has 1 N–H and O–H groups in total. The van der Waals surface area contributed by atoms with Crippen LogP contribution in [-0.2, 0) is 9.53 Å². The number of ether oxygens (including phenoxy) is 1. The lowest BCUT2D eigenvalue weighted by Gasteiger charge is -2.25. The van der Waals surface area contributed by atoms with Crippen molar-refractivity contribution in [1.29, 1.82) is 0 Å². The number of carbonyl (C=O) groups excluding carboxylic acids is 1. The lowest BCUT2D eigenvalue weighted by molar-refractivity contribution is -0.121. The van der Waals surface area contributed by atoms with Crippen molar-refractivity contribution in [2.24, 2.45) is 5.10 Å². The molecule has 1 aliphatic heterocycles. The highest BCUT2D eigenvalue weighted by molar-refractivity contribution is 5.81. The highest BCUT2D eigenvalue weighted by Gasteiger charge is 2.11. The Hall–Kier alpha value is -1.98. The fraction of sp³-hybridized carbons (Fsp3) is 0.375. The van der Waals surface area contributed by atoms with Crippen LogP contribution in [0.1, 0.15) is 12.0 Å². The van der Waals surface area contributed by atoms with E-state index in [1.807, 2.05) is 36.4 Å². The van der Waals surface area contributed by atoms with Gasteiger partial charge in [-0.3, -0.25) is 9.69 Å². The lowest BCUT2D eigenvalue weighted by Crippen LogP contribution is -2.38. The van der Waals surface area contributed by atoms with Gasteiger partial charge in [0.25, 0.3) is 0 Å². The van der Waals surface area contributed by atoms with E-state index in [2.05, 4.69) is 15.4 Å². The van der Waals surface area contributed by atoms with Gasteiger partial charge < -0.3 is 4.74 Å². The topological polar surface area (TPSA) is 53.9 Å². The summed E-state index contributed by atoms with van der Waals surface area (Å²) in [6.45, 7) is 4.06. The summed E-state index contributed by atoms with van der Waals surface area (Å²) in [4.78, 5) is 13.8. The summed E-state index contributed by atoms with van der Waals surface area (Å²) in [5, 5.41) is 3.90. The number of hydrogen-bond acceptors (Lipinski definition) is 4. The zero-order chi connectivity index (χ0) is 14.8. The molecule has 0 aliphatic carbocycles. The van der Waals surface area contributed by atoms with Crippen LogP contribution in [-0.4, -0.2) is 49.9 Å². The fourth-order valence-corrected chi connectivity index (χ4v) is 2.01. The lowest BCUT2D eigenvalue weighted by atomic mass is 10.2. The largest absolute Gasteiger partial charge is 0.379 e. The standard InChI is InChI=1S/C16H21N3O2/c20-16(8-10-19-11-13-21-14-12-19)18-17-9-4-7-15-5-2-1-3-6-15/h1-7,9H,8,10-14H2,(H,18,20)/b7-4+,17-9-. The van der Waals surface area contributed by atoms with Crippen LogP contribution in [0.4, 0.5) is 0 Å². The van der Waals surface area contributed by atoms with E-state index in [4.69, 9.17) is 4.74 Å². The first-order valence-electron chi connectivity index (χ1n) is 7.18. The molecule has 1 aromatic rings. The van der Waals surface area contributed by atoms with Crippen LogP contribution >= 0.6 is 0 Å². The van der Waals surface area contributed by atoms with E-state index < -0.39 is 0 Å². The molecule has 0 bridgehead atoms. The van der Waals surface area contributed by atoms with Crippen molar-refractivity contribution in [3.63, 3.8) is 0 Å². The van der Waals surface area contributed by atoms with Crippen molar-refractivity contribution in [2.45, 2.75) is 6.42 Å². The summed E-state index contributed by atoms with van der Waals surface area (Å²) in [5.74, 6) is -0.0640. The average Bonchev–Trinajstić information content (AvgIpc) is 2.54. The molecule has 1 aliphatic rings. The third kappa shape index (κ3) is 6.33. The summed E-state index contributed by atoms with van der Waals surface area (Å²) in [7, 11) is 0. The highest BCUT2D eigenvalue weighted by atomic mass is 16.5. The van der Waals surface area contributed by atoms with Gasteiger partial charge in [-0.1, -0.05) is 36.4 Å². The van der Waals surface area contributed by atoms with E-state index in [9.17, 15) is 4.79 Å². The van der Waals surface area contributed by atoms with Gasteiger partial charge in [0.15, 0.2) is 0 Å². The zero-order valence-electron chi connectivity index (χ0n) is 12.1. The van der Waals surface area contributed by atoms with Crippen LogP contribution in [0, 0.1) is 0 Å². The van der Waals surface area contributed by atoms with Gasteiger partial charge in [-0.25, -0.2) is 5.43 Å². The molecule has 1 saturated heterocycles. The van der Waals surface area contributed by atoms with Crippen molar-refractivity contribution >= 4 is 18.2 Å². The molecule has 1 aromatic carbocycles. The smallest absolute Gasteiger partial charge is 0.241 e. The molecule has 0 aromatic heterocycles. The number of benzene rings is 1. The molecule has 0 saturated carbocycles. The SMILES string of the molecule is O=C(CCN1CCOCC1)N/N=C\C=C\c1ccccc1. The van der Waals surface area contributed by atoms with E-state index in [1.54, 1.807) is 12.3 Å². The predicted molar refractivity (Wildman–Crippen MR) is 84.0 cm³/mol. The molecule has 5 heteroatoms. The summed E-state index contributed by atoms with van der Waals surface area (Å²) in [6, 6.07) is 9.94. The molecule has 2 rings (SSSR count). The molecule has 0 atom stereocenters. The van der Waals surface area contributed by atoms with E-state index in [-0.39, 0.29) is 5.91 Å². The van der Waals surface area contributed by atoms with Crippen molar-refractivity contribution in [1.82, 2.24) is 10.3 Å². The molecule has 1 fully saturated rings. The van der Waals surface area contributed by atoms with Crippen molar-refractivity contribution in [2.75, 3.05) is 32.8 Å². The number of hydrazone groups is 1. The van der Waals surface area contributed by atoms with Gasteiger partial charge in [0.1, 0.15) is 0 Å². The first kappa shape index (κ1) is 15.4. The normalized spacial score (nSPS) is 16.6. The van der Waals surface area contributed by atoms with Crippen LogP contribution in [0.5, 0.6) is 0 Å². The van der Waals surface area contributed by atoms with Crippen LogP contribution in [0.2, 0.25) is 0 Å². The van der Waals surface area contributed by atoms with Crippen molar-refractivity contribution in [3.8, 4) is 0 Å². The Labute approximate surface area is 125 Å². The molecule has 0 spiro atoms. The molecular formula is C16H21N3O2. The highest BCUT2D eigenvalue weighted by Crippen LogP contribution is 2.00. The van der Waals surface area contributed by atoms with Crippen molar-refractivity contribution in [3.05, 3.63) is 42.0 Å². The fourth-order valence-electron chi connectivity index (χ4n) is 2.01. The predicted octanol–water partition coefficient (Wildman–Crippen LogP) is 1.52. The van der Waals surface area contributed by atoms with Crippen molar-refractivity contribution < 1.29 is 9.53 Å². The quantitative estimate of drug-likeness (QED) is 0.637. The Kier molecular flexibility index (Phi) is 6.64. The molecule has 1 heterocycles. The third-order valence-electron chi connectivity index (χ3n) is 3.20. The van der Waals surface area contributed by atoms with Gasteiger partial charge in [-0.15, -0.1) is 0 Å². The van der Waals surface area contributed by atoms with E-state index in [1.165, 1.54) is 0 Å². The molecular weight excluding hydrogens is 266 g/mol. The third-order valence-corrected chi connectivity index (χ3v) is 3.20. The molecule has 0 unspecified atom stereocenters. The maximum atomic E-state index is 11.6. The van der Waals surface area contributed by atoms with Crippen LogP contribution in [0.3, 0.4) is 0 Å². The van der Waals surface area contributed by atoms with Crippen LogP contribution in [0.15, 0.2) is 41.5 Å². The van der Waals surface area contributed by atoms with Crippen LogP contribution < -0.4 is 5.43 Å². The minimum Gasteiger partial charge on any atom is -0.379 e.